The molecular weight excluding hydrogens is 513 g/mol. The van der Waals surface area contributed by atoms with Crippen LogP contribution in [0.4, 0.5) is 16.0 Å². The van der Waals surface area contributed by atoms with Crippen molar-refractivity contribution in [3.63, 3.8) is 0 Å². The molecule has 1 amide bonds. The van der Waals surface area contributed by atoms with Crippen LogP contribution < -0.4 is 21.5 Å². The summed E-state index contributed by atoms with van der Waals surface area (Å²) < 4.78 is 17.4. The summed E-state index contributed by atoms with van der Waals surface area (Å²) in [4.78, 5) is 47.1. The van der Waals surface area contributed by atoms with Crippen molar-refractivity contribution in [3.05, 3.63) is 85.8 Å². The number of fused-ring (bicyclic) bond motifs is 1. The minimum absolute atomic E-state index is 0.186. The Morgan fingerprint density at radius 2 is 1.68 bits per heavy atom. The van der Waals surface area contributed by atoms with Gasteiger partial charge in [0.15, 0.2) is 11.2 Å². The summed E-state index contributed by atoms with van der Waals surface area (Å²) in [6.45, 7) is 2.79. The van der Waals surface area contributed by atoms with Gasteiger partial charge >= 0.3 is 5.69 Å². The van der Waals surface area contributed by atoms with E-state index in [-0.39, 0.29) is 18.3 Å². The number of benzene rings is 2. The maximum absolute atomic E-state index is 13.2. The lowest BCUT2D eigenvalue weighted by molar-refractivity contribution is -0.117. The molecule has 198 valence electrons. The number of hydrogen-bond acceptors (Lipinski definition) is 6. The van der Waals surface area contributed by atoms with E-state index in [1.54, 1.807) is 13.1 Å². The second-order valence-corrected chi connectivity index (χ2v) is 9.69. The highest BCUT2D eigenvalue weighted by molar-refractivity contribution is 6.31. The van der Waals surface area contributed by atoms with Crippen LogP contribution in [0.15, 0.2) is 58.1 Å². The van der Waals surface area contributed by atoms with Crippen molar-refractivity contribution < 1.29 is 9.18 Å². The third-order valence-corrected chi connectivity index (χ3v) is 7.13. The largest absolute Gasteiger partial charge is 0.340 e. The Balaban J connectivity index is 1.39. The number of carbonyl (C=O) groups excluding carboxylic acids is 1. The molecule has 0 aliphatic carbocycles. The van der Waals surface area contributed by atoms with Crippen LogP contribution in [-0.4, -0.2) is 62.2 Å². The molecule has 1 aliphatic heterocycles. The molecule has 0 bridgehead atoms. The van der Waals surface area contributed by atoms with E-state index in [0.717, 1.165) is 10.1 Å². The van der Waals surface area contributed by atoms with Gasteiger partial charge in [-0.3, -0.25) is 28.2 Å². The molecule has 0 spiro atoms. The number of halogens is 2. The molecule has 1 saturated heterocycles. The van der Waals surface area contributed by atoms with Gasteiger partial charge in [-0.15, -0.1) is 0 Å². The molecule has 1 fully saturated rings. The number of rotatable bonds is 6. The molecular formula is C26H27ClFN7O3. The van der Waals surface area contributed by atoms with Crippen LogP contribution in [0, 0.1) is 5.82 Å². The van der Waals surface area contributed by atoms with Crippen LogP contribution in [0.2, 0.25) is 5.02 Å². The molecule has 0 saturated carbocycles. The normalized spacial score (nSPS) is 14.3. The first-order chi connectivity index (χ1) is 18.2. The lowest BCUT2D eigenvalue weighted by Crippen LogP contribution is -2.49. The Hall–Kier alpha value is -3.96. The van der Waals surface area contributed by atoms with E-state index < -0.39 is 11.2 Å². The van der Waals surface area contributed by atoms with Crippen molar-refractivity contribution in [1.82, 2.24) is 23.6 Å². The standard InChI is InChI=1S/C26H27ClFN7O3/c1-31-23-22(24(37)32(2)26(31)38)35(15-17-5-3-4-6-20(17)27)25(30-23)34-13-11-33(12-14-34)16-21(36)29-19-9-7-18(28)8-10-19/h3-10H,11-16H2,1-2H3,(H,29,36). The predicted octanol–water partition coefficient (Wildman–Crippen LogP) is 2.04. The van der Waals surface area contributed by atoms with E-state index in [0.29, 0.717) is 60.5 Å². The molecule has 2 aromatic carbocycles. The number of piperazine rings is 1. The lowest BCUT2D eigenvalue weighted by Gasteiger charge is -2.35. The monoisotopic (exact) mass is 539 g/mol. The summed E-state index contributed by atoms with van der Waals surface area (Å²) in [7, 11) is 3.05. The first-order valence-electron chi connectivity index (χ1n) is 12.2. The summed E-state index contributed by atoms with van der Waals surface area (Å²) in [5, 5.41) is 3.35. The van der Waals surface area contributed by atoms with Gasteiger partial charge < -0.3 is 10.2 Å². The lowest BCUT2D eigenvalue weighted by atomic mass is 10.2. The van der Waals surface area contributed by atoms with Gasteiger partial charge in [0, 0.05) is 51.0 Å². The fourth-order valence-corrected chi connectivity index (χ4v) is 4.86. The molecule has 0 atom stereocenters. The van der Waals surface area contributed by atoms with Crippen molar-refractivity contribution >= 4 is 40.3 Å². The molecule has 10 nitrogen and oxygen atoms in total. The maximum atomic E-state index is 13.2. The molecule has 1 N–H and O–H groups in total. The van der Waals surface area contributed by atoms with Gasteiger partial charge in [0.05, 0.1) is 13.1 Å². The van der Waals surface area contributed by atoms with Crippen molar-refractivity contribution in [3.8, 4) is 0 Å². The summed E-state index contributed by atoms with van der Waals surface area (Å²) in [5.74, 6) is 0.0146. The SMILES string of the molecule is Cn1c(=O)c2c(nc(N3CCN(CC(=O)Nc4ccc(F)cc4)CC3)n2Cc2ccccc2Cl)n(C)c1=O. The van der Waals surface area contributed by atoms with Crippen molar-refractivity contribution in [1.29, 1.82) is 0 Å². The van der Waals surface area contributed by atoms with E-state index >= 15 is 0 Å². The van der Waals surface area contributed by atoms with E-state index in [9.17, 15) is 18.8 Å². The van der Waals surface area contributed by atoms with E-state index in [4.69, 9.17) is 16.6 Å². The fourth-order valence-electron chi connectivity index (χ4n) is 4.67. The zero-order valence-corrected chi connectivity index (χ0v) is 21.8. The highest BCUT2D eigenvalue weighted by Crippen LogP contribution is 2.25. The minimum Gasteiger partial charge on any atom is -0.340 e. The van der Waals surface area contributed by atoms with E-state index in [1.165, 1.54) is 35.9 Å². The summed E-state index contributed by atoms with van der Waals surface area (Å²) in [6, 6.07) is 13.0. The highest BCUT2D eigenvalue weighted by Gasteiger charge is 2.26. The zero-order chi connectivity index (χ0) is 27.0. The van der Waals surface area contributed by atoms with Gasteiger partial charge in [0.25, 0.3) is 5.56 Å². The highest BCUT2D eigenvalue weighted by atomic mass is 35.5. The number of aromatic nitrogens is 4. The topological polar surface area (TPSA) is 97.4 Å². The Morgan fingerprint density at radius 3 is 2.37 bits per heavy atom. The second-order valence-electron chi connectivity index (χ2n) is 9.29. The summed E-state index contributed by atoms with van der Waals surface area (Å²) >= 11 is 6.44. The number of imidazole rings is 1. The minimum atomic E-state index is -0.451. The Morgan fingerprint density at radius 1 is 1.00 bits per heavy atom. The average molecular weight is 540 g/mol. The number of anilines is 2. The second kappa shape index (κ2) is 10.4. The Labute approximate surface area is 222 Å². The average Bonchev–Trinajstić information content (AvgIpc) is 3.28. The molecule has 38 heavy (non-hydrogen) atoms. The molecule has 0 unspecified atom stereocenters. The molecule has 1 aliphatic rings. The maximum Gasteiger partial charge on any atom is 0.332 e. The fraction of sp³-hybridized carbons (Fsp3) is 0.308. The molecule has 12 heteroatoms. The van der Waals surface area contributed by atoms with Crippen LogP contribution in [0.5, 0.6) is 0 Å². The number of amides is 1. The number of nitrogens with zero attached hydrogens (tertiary/aromatic N) is 6. The van der Waals surface area contributed by atoms with Gasteiger partial charge in [-0.1, -0.05) is 29.8 Å². The Kier molecular flexibility index (Phi) is 7.04. The van der Waals surface area contributed by atoms with Crippen LogP contribution in [0.3, 0.4) is 0 Å². The summed E-state index contributed by atoms with van der Waals surface area (Å²) in [5.41, 5.74) is 1.11. The van der Waals surface area contributed by atoms with Gasteiger partial charge in [0.2, 0.25) is 11.9 Å². The van der Waals surface area contributed by atoms with Crippen LogP contribution in [0.1, 0.15) is 5.56 Å². The number of hydrogen-bond donors (Lipinski definition) is 1. The van der Waals surface area contributed by atoms with E-state index in [1.807, 2.05) is 27.7 Å². The predicted molar refractivity (Wildman–Crippen MR) is 144 cm³/mol. The first-order valence-corrected chi connectivity index (χ1v) is 12.5. The van der Waals surface area contributed by atoms with Gasteiger partial charge in [-0.05, 0) is 35.9 Å². The smallest absolute Gasteiger partial charge is 0.332 e. The number of aryl methyl sites for hydroxylation is 1. The van der Waals surface area contributed by atoms with Crippen LogP contribution >= 0.6 is 11.6 Å². The number of nitrogens with one attached hydrogen (secondary N) is 1. The van der Waals surface area contributed by atoms with Gasteiger partial charge in [-0.25, -0.2) is 9.18 Å². The van der Waals surface area contributed by atoms with Crippen LogP contribution in [0.25, 0.3) is 11.2 Å². The molecule has 4 aromatic rings. The zero-order valence-electron chi connectivity index (χ0n) is 21.0. The summed E-state index contributed by atoms with van der Waals surface area (Å²) in [6.07, 6.45) is 0. The molecule has 0 radical (unpaired) electrons. The molecule has 3 heterocycles. The van der Waals surface area contributed by atoms with Crippen molar-refractivity contribution in [2.75, 3.05) is 42.9 Å². The number of carbonyl (C=O) groups is 1. The van der Waals surface area contributed by atoms with E-state index in [2.05, 4.69) is 10.2 Å². The van der Waals surface area contributed by atoms with Crippen molar-refractivity contribution in [2.24, 2.45) is 14.1 Å². The third-order valence-electron chi connectivity index (χ3n) is 6.76. The molecule has 5 rings (SSSR count). The molecule has 2 aromatic heterocycles. The van der Waals surface area contributed by atoms with Gasteiger partial charge in [0.1, 0.15) is 5.82 Å². The van der Waals surface area contributed by atoms with Crippen LogP contribution in [-0.2, 0) is 25.4 Å². The van der Waals surface area contributed by atoms with Crippen molar-refractivity contribution in [2.45, 2.75) is 6.54 Å². The quantitative estimate of drug-likeness (QED) is 0.403. The first kappa shape index (κ1) is 25.7. The third kappa shape index (κ3) is 4.94. The Bertz CT molecular complexity index is 1620. The van der Waals surface area contributed by atoms with Gasteiger partial charge in [-0.2, -0.15) is 4.98 Å².